The number of carbonyl (C=O) groups is 1. The van der Waals surface area contributed by atoms with Crippen molar-refractivity contribution in [2.24, 2.45) is 0 Å². The molecular formula is C14H18N2O6S2. The van der Waals surface area contributed by atoms with Crippen LogP contribution >= 0.6 is 0 Å². The second-order valence-corrected chi connectivity index (χ2v) is 8.79. The van der Waals surface area contributed by atoms with Gasteiger partial charge in [-0.1, -0.05) is 0 Å². The van der Waals surface area contributed by atoms with Crippen molar-refractivity contribution in [3.63, 3.8) is 0 Å². The van der Waals surface area contributed by atoms with Gasteiger partial charge in [0.15, 0.2) is 0 Å². The summed E-state index contributed by atoms with van der Waals surface area (Å²) in [6.07, 6.45) is -0.198. The molecule has 1 aromatic rings. The Kier molecular flexibility index (Phi) is 5.19. The number of hydrogen-bond acceptors (Lipinski definition) is 7. The van der Waals surface area contributed by atoms with E-state index in [4.69, 9.17) is 4.74 Å². The van der Waals surface area contributed by atoms with Gasteiger partial charge < -0.3 is 10.1 Å². The summed E-state index contributed by atoms with van der Waals surface area (Å²) in [5.41, 5.74) is 0.627. The Morgan fingerprint density at radius 2 is 2.00 bits per heavy atom. The van der Waals surface area contributed by atoms with Crippen LogP contribution < -0.4 is 10.0 Å². The van der Waals surface area contributed by atoms with Crippen molar-refractivity contribution in [2.75, 3.05) is 22.4 Å². The summed E-state index contributed by atoms with van der Waals surface area (Å²) in [5.74, 6) is -0.666. The number of rotatable bonds is 6. The Morgan fingerprint density at radius 1 is 1.29 bits per heavy atom. The first-order valence-electron chi connectivity index (χ1n) is 7.19. The maximum atomic E-state index is 12.4. The highest BCUT2D eigenvalue weighted by atomic mass is 32.2. The molecule has 0 saturated carbocycles. The standard InChI is InChI=1S/C14H18N2O6S2/c1-3-22-14(17)8-11-9-23(18,19)13-7-10(5-6-12(13)15-11)16-24(20,21)4-2/h5-7,9,15-16H,3-4,8H2,1-2H3. The summed E-state index contributed by atoms with van der Waals surface area (Å²) >= 11 is 0. The van der Waals surface area contributed by atoms with Crippen LogP contribution in [0.5, 0.6) is 0 Å². The lowest BCUT2D eigenvalue weighted by Gasteiger charge is -2.20. The number of ether oxygens (including phenoxy) is 1. The lowest BCUT2D eigenvalue weighted by molar-refractivity contribution is -0.142. The second kappa shape index (κ2) is 6.81. The van der Waals surface area contributed by atoms with Gasteiger partial charge in [0.05, 0.1) is 34.8 Å². The lowest BCUT2D eigenvalue weighted by atomic mass is 10.2. The van der Waals surface area contributed by atoms with Gasteiger partial charge in [-0.2, -0.15) is 0 Å². The highest BCUT2D eigenvalue weighted by molar-refractivity contribution is 7.94. The van der Waals surface area contributed by atoms with E-state index in [1.165, 1.54) is 25.1 Å². The Balaban J connectivity index is 2.32. The predicted octanol–water partition coefficient (Wildman–Crippen LogP) is 1.44. The maximum absolute atomic E-state index is 12.4. The van der Waals surface area contributed by atoms with E-state index in [2.05, 4.69) is 10.0 Å². The first-order chi connectivity index (χ1) is 11.2. The SMILES string of the molecule is CCOC(=O)CC1=CS(=O)(=O)c2cc(NS(=O)(=O)CC)ccc2N1. The average molecular weight is 374 g/mol. The van der Waals surface area contributed by atoms with Gasteiger partial charge >= 0.3 is 5.97 Å². The van der Waals surface area contributed by atoms with Gasteiger partial charge in [0.25, 0.3) is 0 Å². The fraction of sp³-hybridized carbons (Fsp3) is 0.357. The molecular weight excluding hydrogens is 356 g/mol. The molecule has 0 radical (unpaired) electrons. The highest BCUT2D eigenvalue weighted by Gasteiger charge is 2.25. The monoisotopic (exact) mass is 374 g/mol. The summed E-state index contributed by atoms with van der Waals surface area (Å²) in [6, 6.07) is 4.13. The minimum atomic E-state index is -3.80. The number of sulfone groups is 1. The van der Waals surface area contributed by atoms with Crippen LogP contribution in [-0.2, 0) is 29.4 Å². The Morgan fingerprint density at radius 3 is 2.62 bits per heavy atom. The zero-order valence-corrected chi connectivity index (χ0v) is 14.8. The van der Waals surface area contributed by atoms with E-state index in [-0.39, 0.29) is 40.7 Å². The number of sulfonamides is 1. The fourth-order valence-corrected chi connectivity index (χ4v) is 4.07. The maximum Gasteiger partial charge on any atom is 0.311 e. The molecule has 0 amide bonds. The van der Waals surface area contributed by atoms with Crippen molar-refractivity contribution < 1.29 is 26.4 Å². The van der Waals surface area contributed by atoms with Gasteiger partial charge in [0.2, 0.25) is 19.9 Å². The fourth-order valence-electron chi connectivity index (χ4n) is 2.08. The Bertz CT molecular complexity index is 888. The quantitative estimate of drug-likeness (QED) is 0.723. The third kappa shape index (κ3) is 4.26. The zero-order chi connectivity index (χ0) is 18.0. The second-order valence-electron chi connectivity index (χ2n) is 5.01. The van der Waals surface area contributed by atoms with E-state index < -0.39 is 25.8 Å². The van der Waals surface area contributed by atoms with E-state index in [0.29, 0.717) is 0 Å². The minimum absolute atomic E-state index is 0.0635. The molecule has 0 saturated heterocycles. The minimum Gasteiger partial charge on any atom is -0.466 e. The van der Waals surface area contributed by atoms with Crippen LogP contribution in [-0.4, -0.2) is 35.2 Å². The van der Waals surface area contributed by atoms with E-state index in [0.717, 1.165) is 5.41 Å². The molecule has 0 fully saturated rings. The van der Waals surface area contributed by atoms with E-state index in [1.807, 2.05) is 0 Å². The summed E-state index contributed by atoms with van der Waals surface area (Å²) in [7, 11) is -7.31. The Hall–Kier alpha value is -2.07. The van der Waals surface area contributed by atoms with Crippen LogP contribution in [0.2, 0.25) is 0 Å². The average Bonchev–Trinajstić information content (AvgIpc) is 2.47. The molecule has 1 heterocycles. The van der Waals surface area contributed by atoms with Crippen LogP contribution in [0.25, 0.3) is 0 Å². The molecule has 0 aromatic heterocycles. The van der Waals surface area contributed by atoms with Gasteiger partial charge in [-0.25, -0.2) is 16.8 Å². The topological polar surface area (TPSA) is 119 Å². The zero-order valence-electron chi connectivity index (χ0n) is 13.2. The van der Waals surface area contributed by atoms with Crippen LogP contribution in [0.4, 0.5) is 11.4 Å². The van der Waals surface area contributed by atoms with E-state index in [1.54, 1.807) is 6.92 Å². The number of nitrogens with one attached hydrogen (secondary N) is 2. The largest absolute Gasteiger partial charge is 0.466 e. The van der Waals surface area contributed by atoms with Gasteiger partial charge in [0.1, 0.15) is 0 Å². The molecule has 1 aliphatic rings. The predicted molar refractivity (Wildman–Crippen MR) is 89.7 cm³/mol. The molecule has 0 spiro atoms. The first kappa shape index (κ1) is 18.3. The van der Waals surface area contributed by atoms with E-state index >= 15 is 0 Å². The molecule has 0 bridgehead atoms. The third-order valence-corrected chi connectivity index (χ3v) is 6.03. The molecule has 0 atom stereocenters. The van der Waals surface area contributed by atoms with Crippen LogP contribution in [0.1, 0.15) is 20.3 Å². The molecule has 8 nitrogen and oxygen atoms in total. The molecule has 132 valence electrons. The molecule has 2 rings (SSSR count). The van der Waals surface area contributed by atoms with Crippen molar-refractivity contribution in [3.8, 4) is 0 Å². The van der Waals surface area contributed by atoms with Crippen molar-refractivity contribution >= 4 is 37.2 Å². The van der Waals surface area contributed by atoms with Gasteiger partial charge in [-0.15, -0.1) is 0 Å². The summed E-state index contributed by atoms with van der Waals surface area (Å²) in [4.78, 5) is 11.4. The molecule has 0 aliphatic carbocycles. The van der Waals surface area contributed by atoms with Crippen LogP contribution in [0.15, 0.2) is 34.2 Å². The molecule has 1 aromatic carbocycles. The number of esters is 1. The van der Waals surface area contributed by atoms with Crippen LogP contribution in [0, 0.1) is 0 Å². The van der Waals surface area contributed by atoms with Crippen LogP contribution in [0.3, 0.4) is 0 Å². The van der Waals surface area contributed by atoms with Crippen molar-refractivity contribution in [1.29, 1.82) is 0 Å². The summed E-state index contributed by atoms with van der Waals surface area (Å²) in [6.45, 7) is 3.34. The van der Waals surface area contributed by atoms with Gasteiger partial charge in [-0.05, 0) is 32.0 Å². The molecule has 0 unspecified atom stereocenters. The smallest absolute Gasteiger partial charge is 0.311 e. The third-order valence-electron chi connectivity index (χ3n) is 3.17. The van der Waals surface area contributed by atoms with Crippen molar-refractivity contribution in [1.82, 2.24) is 0 Å². The molecule has 2 N–H and O–H groups in total. The number of fused-ring (bicyclic) bond motifs is 1. The molecule has 1 aliphatic heterocycles. The molecule has 24 heavy (non-hydrogen) atoms. The van der Waals surface area contributed by atoms with Gasteiger partial charge in [0, 0.05) is 11.4 Å². The van der Waals surface area contributed by atoms with Gasteiger partial charge in [-0.3, -0.25) is 9.52 Å². The van der Waals surface area contributed by atoms with Crippen molar-refractivity contribution in [3.05, 3.63) is 29.3 Å². The number of hydrogen-bond donors (Lipinski definition) is 2. The number of anilines is 2. The van der Waals surface area contributed by atoms with E-state index in [9.17, 15) is 21.6 Å². The first-order valence-corrected chi connectivity index (χ1v) is 10.4. The number of carbonyl (C=O) groups excluding carboxylic acids is 1. The summed E-state index contributed by atoms with van der Waals surface area (Å²) in [5, 5.41) is 3.80. The lowest BCUT2D eigenvalue weighted by Crippen LogP contribution is -2.18. The summed E-state index contributed by atoms with van der Waals surface area (Å²) < 4.78 is 55.0. The number of benzene rings is 1. The molecule has 10 heteroatoms. The van der Waals surface area contributed by atoms with Crippen molar-refractivity contribution in [2.45, 2.75) is 25.2 Å². The Labute approximate surface area is 140 Å². The normalized spacial score (nSPS) is 15.7. The highest BCUT2D eigenvalue weighted by Crippen LogP contribution is 2.33.